The molecule has 6 heteroatoms. The number of hydrogen-bond acceptors (Lipinski definition) is 5. The van der Waals surface area contributed by atoms with Crippen molar-refractivity contribution in [2.24, 2.45) is 0 Å². The Balaban J connectivity index is 2.69. The second kappa shape index (κ2) is 4.05. The van der Waals surface area contributed by atoms with Crippen molar-refractivity contribution in [3.8, 4) is 0 Å². The summed E-state index contributed by atoms with van der Waals surface area (Å²) in [4.78, 5) is 23.7. The van der Waals surface area contributed by atoms with Crippen molar-refractivity contribution >= 4 is 17.8 Å². The molecule has 0 spiro atoms. The molecule has 0 saturated heterocycles. The maximum absolute atomic E-state index is 10.2. The molecule has 0 aliphatic heterocycles. The Labute approximate surface area is 73.2 Å². The number of rotatable bonds is 4. The molecule has 0 radical (unpaired) electrons. The van der Waals surface area contributed by atoms with Gasteiger partial charge in [0.25, 0.3) is 5.69 Å². The first-order chi connectivity index (χ1) is 6.24. The van der Waals surface area contributed by atoms with Crippen molar-refractivity contribution < 1.29 is 14.6 Å². The van der Waals surface area contributed by atoms with E-state index >= 15 is 0 Å². The summed E-state index contributed by atoms with van der Waals surface area (Å²) in [6.45, 7) is 0.224. The molecule has 0 unspecified atom stereocenters. The molecule has 0 aliphatic rings. The van der Waals surface area contributed by atoms with Crippen LogP contribution in [0.2, 0.25) is 0 Å². The zero-order valence-corrected chi connectivity index (χ0v) is 6.47. The third kappa shape index (κ3) is 2.44. The largest absolute Gasteiger partial charge is 0.347 e. The minimum Gasteiger partial charge on any atom is -0.347 e. The number of hydrogen-bond donors (Lipinski definition) is 1. The Morgan fingerprint density at radius 2 is 2.00 bits per heavy atom. The summed E-state index contributed by atoms with van der Waals surface area (Å²) in [6, 6.07) is 5.47. The molecular formula is C7H6N2O4. The highest BCUT2D eigenvalue weighted by Crippen LogP contribution is 2.14. The van der Waals surface area contributed by atoms with Crippen LogP contribution in [-0.4, -0.2) is 11.4 Å². The lowest BCUT2D eigenvalue weighted by atomic mass is 10.3. The predicted octanol–water partition coefficient (Wildman–Crippen LogP) is 1.09. The molecule has 0 heterocycles. The molecule has 1 N–H and O–H groups in total. The number of anilines is 1. The molecule has 0 amide bonds. The van der Waals surface area contributed by atoms with Crippen LogP contribution >= 0.6 is 0 Å². The summed E-state index contributed by atoms with van der Waals surface area (Å²) in [6.07, 6.45) is 0. The van der Waals surface area contributed by atoms with E-state index in [1.807, 2.05) is 0 Å². The van der Waals surface area contributed by atoms with Crippen LogP contribution in [-0.2, 0) is 9.63 Å². The monoisotopic (exact) mass is 182 g/mol. The van der Waals surface area contributed by atoms with Gasteiger partial charge in [-0.2, -0.15) is 0 Å². The fraction of sp³-hybridized carbons (Fsp3) is 0. The Hall–Kier alpha value is -2.11. The van der Waals surface area contributed by atoms with Gasteiger partial charge < -0.3 is 4.84 Å². The Morgan fingerprint density at radius 3 is 2.46 bits per heavy atom. The molecule has 13 heavy (non-hydrogen) atoms. The number of carbonyl (C=O) groups is 1. The number of non-ortho nitro benzene ring substituents is 1. The number of carbonyl (C=O) groups excluding carboxylic acids is 1. The van der Waals surface area contributed by atoms with Gasteiger partial charge in [-0.25, -0.2) is 5.48 Å². The number of nitro benzene ring substituents is 1. The van der Waals surface area contributed by atoms with Crippen molar-refractivity contribution in [1.82, 2.24) is 0 Å². The fourth-order valence-electron chi connectivity index (χ4n) is 0.743. The lowest BCUT2D eigenvalue weighted by molar-refractivity contribution is -0.384. The van der Waals surface area contributed by atoms with Crippen LogP contribution in [0.4, 0.5) is 11.4 Å². The molecule has 1 aromatic rings. The summed E-state index contributed by atoms with van der Waals surface area (Å²) >= 11 is 0. The van der Waals surface area contributed by atoms with Gasteiger partial charge in [-0.1, -0.05) is 0 Å². The van der Waals surface area contributed by atoms with Crippen LogP contribution < -0.4 is 5.48 Å². The average molecular weight is 182 g/mol. The van der Waals surface area contributed by atoms with Crippen LogP contribution in [0.3, 0.4) is 0 Å². The maximum atomic E-state index is 10.2. The van der Waals surface area contributed by atoms with Crippen molar-refractivity contribution in [3.63, 3.8) is 0 Å². The van der Waals surface area contributed by atoms with Gasteiger partial charge in [0.15, 0.2) is 0 Å². The van der Waals surface area contributed by atoms with Gasteiger partial charge in [0, 0.05) is 12.1 Å². The number of nitrogens with zero attached hydrogens (tertiary/aromatic N) is 1. The highest BCUT2D eigenvalue weighted by atomic mass is 16.7. The molecule has 0 bridgehead atoms. The van der Waals surface area contributed by atoms with Gasteiger partial charge in [0.05, 0.1) is 10.6 Å². The van der Waals surface area contributed by atoms with E-state index in [9.17, 15) is 14.9 Å². The standard InChI is InChI=1S/C7H6N2O4/c10-5-13-8-6-1-3-7(4-2-6)9(11)12/h1-5,8H. The maximum Gasteiger partial charge on any atom is 0.320 e. The summed E-state index contributed by atoms with van der Waals surface area (Å²) in [5.74, 6) is 0. The van der Waals surface area contributed by atoms with Crippen LogP contribution in [0.5, 0.6) is 0 Å². The second-order valence-electron chi connectivity index (χ2n) is 2.12. The van der Waals surface area contributed by atoms with Crippen LogP contribution in [0.25, 0.3) is 0 Å². The van der Waals surface area contributed by atoms with Gasteiger partial charge in [0.2, 0.25) is 0 Å². The number of benzene rings is 1. The molecule has 6 nitrogen and oxygen atoms in total. The van der Waals surface area contributed by atoms with Crippen molar-refractivity contribution in [1.29, 1.82) is 0 Å². The Morgan fingerprint density at radius 1 is 1.38 bits per heavy atom. The van der Waals surface area contributed by atoms with Crippen molar-refractivity contribution in [3.05, 3.63) is 34.4 Å². The molecule has 0 aromatic heterocycles. The third-order valence-corrected chi connectivity index (χ3v) is 1.30. The van der Waals surface area contributed by atoms with E-state index in [0.29, 0.717) is 5.69 Å². The predicted molar refractivity (Wildman–Crippen MR) is 43.9 cm³/mol. The Bertz CT molecular complexity index is 309. The van der Waals surface area contributed by atoms with Crippen molar-refractivity contribution in [2.45, 2.75) is 0 Å². The van der Waals surface area contributed by atoms with Gasteiger partial charge in [-0.3, -0.25) is 14.9 Å². The normalized spacial score (nSPS) is 8.92. The van der Waals surface area contributed by atoms with E-state index in [1.165, 1.54) is 24.3 Å². The first-order valence-corrected chi connectivity index (χ1v) is 3.34. The third-order valence-electron chi connectivity index (χ3n) is 1.30. The number of nitro groups is 1. The summed E-state index contributed by atoms with van der Waals surface area (Å²) in [5, 5.41) is 10.2. The highest BCUT2D eigenvalue weighted by molar-refractivity contribution is 5.49. The minimum atomic E-state index is -0.510. The van der Waals surface area contributed by atoms with Gasteiger partial charge in [0.1, 0.15) is 0 Å². The minimum absolute atomic E-state index is 0.0170. The van der Waals surface area contributed by atoms with E-state index in [1.54, 1.807) is 0 Å². The van der Waals surface area contributed by atoms with E-state index < -0.39 is 4.92 Å². The van der Waals surface area contributed by atoms with Gasteiger partial charge >= 0.3 is 6.47 Å². The van der Waals surface area contributed by atoms with E-state index in [2.05, 4.69) is 10.3 Å². The topological polar surface area (TPSA) is 81.5 Å². The van der Waals surface area contributed by atoms with Crippen LogP contribution in [0, 0.1) is 10.1 Å². The van der Waals surface area contributed by atoms with E-state index in [0.717, 1.165) is 0 Å². The second-order valence-corrected chi connectivity index (χ2v) is 2.12. The lowest BCUT2D eigenvalue weighted by Gasteiger charge is -2.00. The summed E-state index contributed by atoms with van der Waals surface area (Å²) < 4.78 is 0. The fourth-order valence-corrected chi connectivity index (χ4v) is 0.743. The van der Waals surface area contributed by atoms with E-state index in [4.69, 9.17) is 0 Å². The molecule has 1 rings (SSSR count). The first kappa shape index (κ1) is 8.98. The number of nitrogens with one attached hydrogen (secondary N) is 1. The zero-order chi connectivity index (χ0) is 9.68. The Kier molecular flexibility index (Phi) is 2.80. The van der Waals surface area contributed by atoms with Gasteiger partial charge in [-0.15, -0.1) is 0 Å². The quantitative estimate of drug-likeness (QED) is 0.428. The summed E-state index contributed by atoms with van der Waals surface area (Å²) in [7, 11) is 0. The molecule has 68 valence electrons. The molecular weight excluding hydrogens is 176 g/mol. The zero-order valence-electron chi connectivity index (χ0n) is 6.47. The smallest absolute Gasteiger partial charge is 0.320 e. The first-order valence-electron chi connectivity index (χ1n) is 3.34. The molecule has 1 aromatic carbocycles. The lowest BCUT2D eigenvalue weighted by Crippen LogP contribution is -1.98. The molecule has 0 saturated carbocycles. The van der Waals surface area contributed by atoms with Gasteiger partial charge in [-0.05, 0) is 12.1 Å². The summed E-state index contributed by atoms with van der Waals surface area (Å²) in [5.41, 5.74) is 2.72. The SMILES string of the molecule is O=CONc1ccc([N+](=O)[O-])cc1. The average Bonchev–Trinajstić information content (AvgIpc) is 2.15. The molecule has 0 aliphatic carbocycles. The molecule has 0 fully saturated rings. The van der Waals surface area contributed by atoms with Crippen molar-refractivity contribution in [2.75, 3.05) is 5.48 Å². The van der Waals surface area contributed by atoms with Crippen LogP contribution in [0.1, 0.15) is 0 Å². The van der Waals surface area contributed by atoms with Crippen LogP contribution in [0.15, 0.2) is 24.3 Å². The van der Waals surface area contributed by atoms with E-state index in [-0.39, 0.29) is 12.2 Å². The molecule has 0 atom stereocenters. The highest BCUT2D eigenvalue weighted by Gasteiger charge is 2.02.